The number of anilines is 1. The van der Waals surface area contributed by atoms with Crippen molar-refractivity contribution in [2.75, 3.05) is 43.7 Å². The fourth-order valence-corrected chi connectivity index (χ4v) is 4.28. The monoisotopic (exact) mass is 305 g/mol. The normalized spacial score (nSPS) is 18.7. The van der Waals surface area contributed by atoms with Crippen molar-refractivity contribution in [3.05, 3.63) is 10.6 Å². The summed E-state index contributed by atoms with van der Waals surface area (Å²) in [7, 11) is 0.691. The quantitative estimate of drug-likeness (QED) is 0.840. The van der Waals surface area contributed by atoms with Crippen LogP contribution in [0, 0.1) is 0 Å². The van der Waals surface area contributed by atoms with Gasteiger partial charge in [-0.05, 0) is 7.05 Å². The lowest BCUT2D eigenvalue weighted by Gasteiger charge is -2.25. The second-order valence-electron chi connectivity index (χ2n) is 4.47. The van der Waals surface area contributed by atoms with Crippen LogP contribution in [0.3, 0.4) is 0 Å². The number of sulfone groups is 1. The Morgan fingerprint density at radius 2 is 2.11 bits per heavy atom. The third-order valence-corrected chi connectivity index (χ3v) is 5.77. The number of ether oxygens (including phenoxy) is 1. The maximum absolute atomic E-state index is 11.4. The van der Waals surface area contributed by atoms with Gasteiger partial charge < -0.3 is 15.0 Å². The maximum atomic E-state index is 11.4. The first kappa shape index (κ1) is 14.7. The molecule has 0 amide bonds. The number of nitrogens with one attached hydrogen (secondary N) is 1. The standard InChI is InChI=1S/C11H19N3O3S2/c1-12-7-10-9(8-17-2)13-11(18-10)14-3-5-19(15,16)6-4-14/h12H,3-8H2,1-2H3. The van der Waals surface area contributed by atoms with E-state index in [0.29, 0.717) is 19.7 Å². The fourth-order valence-electron chi connectivity index (χ4n) is 1.96. The summed E-state index contributed by atoms with van der Waals surface area (Å²) in [6, 6.07) is 0. The van der Waals surface area contributed by atoms with E-state index in [1.54, 1.807) is 18.4 Å². The van der Waals surface area contributed by atoms with Gasteiger partial charge in [0.1, 0.15) is 0 Å². The molecule has 0 spiro atoms. The smallest absolute Gasteiger partial charge is 0.185 e. The molecule has 0 radical (unpaired) electrons. The Morgan fingerprint density at radius 1 is 1.42 bits per heavy atom. The molecule has 1 aromatic rings. The van der Waals surface area contributed by atoms with Gasteiger partial charge in [0.15, 0.2) is 15.0 Å². The summed E-state index contributed by atoms with van der Waals surface area (Å²) >= 11 is 1.61. The molecule has 1 fully saturated rings. The zero-order chi connectivity index (χ0) is 13.9. The Labute approximate surface area is 117 Å². The molecule has 1 aliphatic heterocycles. The van der Waals surface area contributed by atoms with Gasteiger partial charge in [0.2, 0.25) is 0 Å². The SMILES string of the molecule is CNCc1sc(N2CCS(=O)(=O)CC2)nc1COC. The fraction of sp³-hybridized carbons (Fsp3) is 0.727. The second-order valence-corrected chi connectivity index (χ2v) is 7.83. The zero-order valence-corrected chi connectivity index (χ0v) is 12.8. The summed E-state index contributed by atoms with van der Waals surface area (Å²) in [5.41, 5.74) is 0.935. The van der Waals surface area contributed by atoms with Crippen molar-refractivity contribution in [3.63, 3.8) is 0 Å². The van der Waals surface area contributed by atoms with Crippen molar-refractivity contribution in [3.8, 4) is 0 Å². The van der Waals surface area contributed by atoms with Crippen molar-refractivity contribution in [2.45, 2.75) is 13.2 Å². The molecule has 0 bridgehead atoms. The van der Waals surface area contributed by atoms with Gasteiger partial charge in [0.05, 0.1) is 23.8 Å². The van der Waals surface area contributed by atoms with Crippen LogP contribution in [0.4, 0.5) is 5.13 Å². The number of methoxy groups -OCH3 is 1. The van der Waals surface area contributed by atoms with E-state index in [9.17, 15) is 8.42 Å². The lowest BCUT2D eigenvalue weighted by atomic mass is 10.4. The van der Waals surface area contributed by atoms with E-state index in [4.69, 9.17) is 4.74 Å². The van der Waals surface area contributed by atoms with E-state index >= 15 is 0 Å². The van der Waals surface area contributed by atoms with Crippen molar-refractivity contribution in [2.24, 2.45) is 0 Å². The topological polar surface area (TPSA) is 71.5 Å². The first-order chi connectivity index (χ1) is 9.05. The number of hydrogen-bond acceptors (Lipinski definition) is 7. The first-order valence-electron chi connectivity index (χ1n) is 6.13. The molecule has 108 valence electrons. The third-order valence-electron chi connectivity index (χ3n) is 3.00. The van der Waals surface area contributed by atoms with Gasteiger partial charge in [-0.15, -0.1) is 11.3 Å². The van der Waals surface area contributed by atoms with Crippen LogP contribution in [0.25, 0.3) is 0 Å². The van der Waals surface area contributed by atoms with Crippen LogP contribution in [0.15, 0.2) is 0 Å². The number of nitrogens with zero attached hydrogens (tertiary/aromatic N) is 2. The molecule has 1 aliphatic rings. The van der Waals surface area contributed by atoms with Crippen LogP contribution in [0.1, 0.15) is 10.6 Å². The molecule has 2 rings (SSSR count). The minimum absolute atomic E-state index is 0.216. The molecule has 0 saturated carbocycles. The largest absolute Gasteiger partial charge is 0.378 e. The van der Waals surface area contributed by atoms with Gasteiger partial charge in [0.25, 0.3) is 0 Å². The Balaban J connectivity index is 2.14. The summed E-state index contributed by atoms with van der Waals surface area (Å²) in [4.78, 5) is 7.77. The van der Waals surface area contributed by atoms with Crippen molar-refractivity contribution >= 4 is 26.3 Å². The van der Waals surface area contributed by atoms with E-state index in [1.165, 1.54) is 0 Å². The average Bonchev–Trinajstić information content (AvgIpc) is 2.73. The predicted molar refractivity (Wildman–Crippen MR) is 76.5 cm³/mol. The van der Waals surface area contributed by atoms with Crippen LogP contribution in [-0.2, 0) is 27.7 Å². The molecule has 1 aromatic heterocycles. The predicted octanol–water partition coefficient (Wildman–Crippen LogP) is 0.244. The van der Waals surface area contributed by atoms with Crippen LogP contribution < -0.4 is 10.2 Å². The molecule has 1 saturated heterocycles. The molecule has 2 heterocycles. The molecular weight excluding hydrogens is 286 g/mol. The second kappa shape index (κ2) is 6.17. The summed E-state index contributed by atoms with van der Waals surface area (Å²) in [6.45, 7) is 2.30. The van der Waals surface area contributed by atoms with E-state index in [0.717, 1.165) is 22.2 Å². The number of thiazole rings is 1. The summed E-state index contributed by atoms with van der Waals surface area (Å²) in [5, 5.41) is 4.01. The molecule has 1 N–H and O–H groups in total. The molecule has 0 atom stereocenters. The van der Waals surface area contributed by atoms with Gasteiger partial charge in [0, 0.05) is 31.6 Å². The molecular formula is C11H19N3O3S2. The summed E-state index contributed by atoms with van der Waals surface area (Å²) in [6.07, 6.45) is 0. The highest BCUT2D eigenvalue weighted by Crippen LogP contribution is 2.28. The molecule has 0 unspecified atom stereocenters. The van der Waals surface area contributed by atoms with E-state index in [1.807, 2.05) is 11.9 Å². The number of rotatable bonds is 5. The number of aromatic nitrogens is 1. The minimum atomic E-state index is -2.85. The lowest BCUT2D eigenvalue weighted by Crippen LogP contribution is -2.40. The Hall–Kier alpha value is -0.700. The van der Waals surface area contributed by atoms with Crippen LogP contribution in [-0.4, -0.2) is 52.2 Å². The molecule has 0 aliphatic carbocycles. The highest BCUT2D eigenvalue weighted by atomic mass is 32.2. The molecule has 0 aromatic carbocycles. The summed E-state index contributed by atoms with van der Waals surface area (Å²) in [5.74, 6) is 0.432. The molecule has 6 nitrogen and oxygen atoms in total. The van der Waals surface area contributed by atoms with Gasteiger partial charge in [-0.3, -0.25) is 0 Å². The maximum Gasteiger partial charge on any atom is 0.185 e. The Bertz CT molecular complexity index is 490. The van der Waals surface area contributed by atoms with E-state index in [2.05, 4.69) is 10.3 Å². The first-order valence-corrected chi connectivity index (χ1v) is 8.77. The third kappa shape index (κ3) is 3.65. The van der Waals surface area contributed by atoms with Crippen molar-refractivity contribution in [1.82, 2.24) is 10.3 Å². The van der Waals surface area contributed by atoms with E-state index in [-0.39, 0.29) is 11.5 Å². The summed E-state index contributed by atoms with van der Waals surface area (Å²) < 4.78 is 28.0. The molecule has 8 heteroatoms. The minimum Gasteiger partial charge on any atom is -0.378 e. The van der Waals surface area contributed by atoms with Crippen molar-refractivity contribution in [1.29, 1.82) is 0 Å². The highest BCUT2D eigenvalue weighted by Gasteiger charge is 2.24. The van der Waals surface area contributed by atoms with Crippen LogP contribution in [0.5, 0.6) is 0 Å². The molecule has 19 heavy (non-hydrogen) atoms. The van der Waals surface area contributed by atoms with Crippen LogP contribution in [0.2, 0.25) is 0 Å². The number of hydrogen-bond donors (Lipinski definition) is 1. The zero-order valence-electron chi connectivity index (χ0n) is 11.2. The van der Waals surface area contributed by atoms with Gasteiger partial charge in [-0.25, -0.2) is 13.4 Å². The Morgan fingerprint density at radius 3 is 2.68 bits per heavy atom. The lowest BCUT2D eigenvalue weighted by molar-refractivity contribution is 0.181. The highest BCUT2D eigenvalue weighted by molar-refractivity contribution is 7.91. The van der Waals surface area contributed by atoms with Crippen LogP contribution >= 0.6 is 11.3 Å². The van der Waals surface area contributed by atoms with Gasteiger partial charge in [-0.1, -0.05) is 0 Å². The average molecular weight is 305 g/mol. The van der Waals surface area contributed by atoms with E-state index < -0.39 is 9.84 Å². The van der Waals surface area contributed by atoms with Gasteiger partial charge in [-0.2, -0.15) is 0 Å². The van der Waals surface area contributed by atoms with Gasteiger partial charge >= 0.3 is 0 Å². The van der Waals surface area contributed by atoms with Crippen molar-refractivity contribution < 1.29 is 13.2 Å². The Kier molecular flexibility index (Phi) is 4.77.